The van der Waals surface area contributed by atoms with Gasteiger partial charge in [0.1, 0.15) is 12.2 Å². The van der Waals surface area contributed by atoms with E-state index >= 15 is 0 Å². The van der Waals surface area contributed by atoms with Crippen molar-refractivity contribution < 1.29 is 23.9 Å². The van der Waals surface area contributed by atoms with Gasteiger partial charge in [0, 0.05) is 32.1 Å². The van der Waals surface area contributed by atoms with Gasteiger partial charge in [-0.3, -0.25) is 14.4 Å². The molecule has 0 aromatic heterocycles. The van der Waals surface area contributed by atoms with Crippen LogP contribution in [0.5, 0.6) is 0 Å². The highest BCUT2D eigenvalue weighted by Crippen LogP contribution is 2.65. The van der Waals surface area contributed by atoms with Gasteiger partial charge in [0.25, 0.3) is 0 Å². The SMILES string of the molecule is CC(=O)OC1CC2C3CCCC3(C)CC(OC(C)=O)C2C2(C)C=CC(=O)CC12. The summed E-state index contributed by atoms with van der Waals surface area (Å²) in [4.78, 5) is 36.0. The third kappa shape index (κ3) is 3.02. The van der Waals surface area contributed by atoms with Gasteiger partial charge in [0.2, 0.25) is 0 Å². The van der Waals surface area contributed by atoms with Crippen LogP contribution in [-0.2, 0) is 23.9 Å². The smallest absolute Gasteiger partial charge is 0.302 e. The van der Waals surface area contributed by atoms with Crippen molar-refractivity contribution in [2.45, 2.75) is 78.4 Å². The minimum atomic E-state index is -0.318. The highest BCUT2D eigenvalue weighted by atomic mass is 16.5. The molecule has 5 heteroatoms. The molecular weight excluding hydrogens is 356 g/mol. The first-order valence-electron chi connectivity index (χ1n) is 10.7. The highest BCUT2D eigenvalue weighted by molar-refractivity contribution is 5.91. The molecule has 3 saturated carbocycles. The number of carbonyl (C=O) groups is 3. The quantitative estimate of drug-likeness (QED) is 0.672. The number of fused-ring (bicyclic) bond motifs is 5. The topological polar surface area (TPSA) is 69.7 Å². The maximum absolute atomic E-state index is 12.2. The predicted octanol–water partition coefficient (Wildman–Crippen LogP) is 3.85. The summed E-state index contributed by atoms with van der Waals surface area (Å²) in [6.45, 7) is 7.46. The van der Waals surface area contributed by atoms with Crippen LogP contribution in [0.2, 0.25) is 0 Å². The number of ketones is 1. The van der Waals surface area contributed by atoms with Gasteiger partial charge in [-0.2, -0.15) is 0 Å². The van der Waals surface area contributed by atoms with E-state index < -0.39 is 0 Å². The summed E-state index contributed by atoms with van der Waals surface area (Å²) in [6, 6.07) is 0. The summed E-state index contributed by atoms with van der Waals surface area (Å²) in [6.07, 6.45) is 8.91. The number of allylic oxidation sites excluding steroid dienone is 2. The van der Waals surface area contributed by atoms with Crippen LogP contribution < -0.4 is 0 Å². The van der Waals surface area contributed by atoms with E-state index in [1.807, 2.05) is 6.08 Å². The molecule has 28 heavy (non-hydrogen) atoms. The van der Waals surface area contributed by atoms with Crippen LogP contribution in [0.15, 0.2) is 12.2 Å². The normalized spacial score (nSPS) is 46.9. The summed E-state index contributed by atoms with van der Waals surface area (Å²) in [7, 11) is 0. The number of rotatable bonds is 2. The minimum absolute atomic E-state index is 0.0565. The summed E-state index contributed by atoms with van der Waals surface area (Å²) in [5, 5.41) is 0. The third-order valence-electron chi connectivity index (χ3n) is 8.36. The molecule has 4 rings (SSSR count). The predicted molar refractivity (Wildman–Crippen MR) is 103 cm³/mol. The molecule has 4 aliphatic carbocycles. The van der Waals surface area contributed by atoms with Crippen LogP contribution in [0.4, 0.5) is 0 Å². The molecule has 0 spiro atoms. The molecule has 5 nitrogen and oxygen atoms in total. The number of carbonyl (C=O) groups excluding carboxylic acids is 3. The zero-order valence-corrected chi connectivity index (χ0v) is 17.4. The number of esters is 2. The first-order chi connectivity index (χ1) is 13.1. The highest BCUT2D eigenvalue weighted by Gasteiger charge is 2.64. The van der Waals surface area contributed by atoms with Crippen molar-refractivity contribution in [2.24, 2.45) is 34.5 Å². The molecule has 0 aromatic carbocycles. The van der Waals surface area contributed by atoms with Gasteiger partial charge in [0.05, 0.1) is 0 Å². The average Bonchev–Trinajstić information content (AvgIpc) is 2.96. The summed E-state index contributed by atoms with van der Waals surface area (Å²) >= 11 is 0. The minimum Gasteiger partial charge on any atom is -0.462 e. The van der Waals surface area contributed by atoms with E-state index in [-0.39, 0.29) is 52.6 Å². The Morgan fingerprint density at radius 3 is 2.43 bits per heavy atom. The zero-order valence-electron chi connectivity index (χ0n) is 17.4. The number of ether oxygens (including phenoxy) is 2. The van der Waals surface area contributed by atoms with Gasteiger partial charge in [-0.05, 0) is 54.4 Å². The lowest BCUT2D eigenvalue weighted by molar-refractivity contribution is -0.200. The Labute approximate surface area is 167 Å². The molecule has 0 bridgehead atoms. The lowest BCUT2D eigenvalue weighted by atomic mass is 9.45. The van der Waals surface area contributed by atoms with Crippen molar-refractivity contribution in [3.8, 4) is 0 Å². The molecule has 0 heterocycles. The van der Waals surface area contributed by atoms with Crippen LogP contribution in [0, 0.1) is 34.5 Å². The van der Waals surface area contributed by atoms with Gasteiger partial charge in [-0.25, -0.2) is 0 Å². The Balaban J connectivity index is 1.79. The second-order valence-electron chi connectivity index (χ2n) is 10.1. The van der Waals surface area contributed by atoms with E-state index in [2.05, 4.69) is 13.8 Å². The molecule has 0 N–H and O–H groups in total. The van der Waals surface area contributed by atoms with Crippen molar-refractivity contribution in [1.82, 2.24) is 0 Å². The van der Waals surface area contributed by atoms with Crippen molar-refractivity contribution >= 4 is 17.7 Å². The Morgan fingerprint density at radius 2 is 1.75 bits per heavy atom. The van der Waals surface area contributed by atoms with E-state index in [9.17, 15) is 14.4 Å². The molecule has 0 aromatic rings. The lowest BCUT2D eigenvalue weighted by Gasteiger charge is -2.61. The van der Waals surface area contributed by atoms with E-state index in [0.29, 0.717) is 18.3 Å². The summed E-state index contributed by atoms with van der Waals surface area (Å²) in [5.41, 5.74) is -0.152. The average molecular weight is 389 g/mol. The van der Waals surface area contributed by atoms with Crippen molar-refractivity contribution in [2.75, 3.05) is 0 Å². The standard InChI is InChI=1S/C23H32O5/c1-13(24)27-19-11-16-17-6-5-8-22(17,3)12-20(28-14(2)25)21(16)23(4)9-7-15(26)10-18(19)23/h7,9,16-21H,5-6,8,10-12H2,1-4H3. The van der Waals surface area contributed by atoms with Gasteiger partial charge in [0.15, 0.2) is 5.78 Å². The van der Waals surface area contributed by atoms with Crippen molar-refractivity contribution in [3.63, 3.8) is 0 Å². The van der Waals surface area contributed by atoms with E-state index in [1.165, 1.54) is 26.7 Å². The number of hydrogen-bond donors (Lipinski definition) is 0. The molecule has 154 valence electrons. The fraction of sp³-hybridized carbons (Fsp3) is 0.783. The molecule has 0 radical (unpaired) electrons. The molecule has 4 aliphatic rings. The molecule has 0 saturated heterocycles. The fourth-order valence-electron chi connectivity index (χ4n) is 7.42. The van der Waals surface area contributed by atoms with Crippen molar-refractivity contribution in [3.05, 3.63) is 12.2 Å². The van der Waals surface area contributed by atoms with E-state index in [0.717, 1.165) is 19.3 Å². The van der Waals surface area contributed by atoms with Crippen molar-refractivity contribution in [1.29, 1.82) is 0 Å². The van der Waals surface area contributed by atoms with Crippen LogP contribution in [-0.4, -0.2) is 29.9 Å². The van der Waals surface area contributed by atoms with Crippen LogP contribution in [0.1, 0.15) is 66.2 Å². The van der Waals surface area contributed by atoms with E-state index in [4.69, 9.17) is 9.47 Å². The molecule has 3 fully saturated rings. The first-order valence-corrected chi connectivity index (χ1v) is 10.7. The van der Waals surface area contributed by atoms with Gasteiger partial charge in [-0.1, -0.05) is 26.3 Å². The third-order valence-corrected chi connectivity index (χ3v) is 8.36. The van der Waals surface area contributed by atoms with Gasteiger partial charge in [-0.15, -0.1) is 0 Å². The second-order valence-corrected chi connectivity index (χ2v) is 10.1. The summed E-state index contributed by atoms with van der Waals surface area (Å²) < 4.78 is 11.7. The summed E-state index contributed by atoms with van der Waals surface area (Å²) in [5.74, 6) is 0.549. The maximum Gasteiger partial charge on any atom is 0.302 e. The zero-order chi connectivity index (χ0) is 20.3. The Hall–Kier alpha value is -1.65. The lowest BCUT2D eigenvalue weighted by Crippen LogP contribution is -2.61. The van der Waals surface area contributed by atoms with Gasteiger partial charge < -0.3 is 9.47 Å². The molecule has 8 atom stereocenters. The van der Waals surface area contributed by atoms with Crippen LogP contribution in [0.3, 0.4) is 0 Å². The number of hydrogen-bond acceptors (Lipinski definition) is 5. The first kappa shape index (κ1) is 19.7. The monoisotopic (exact) mass is 388 g/mol. The van der Waals surface area contributed by atoms with Gasteiger partial charge >= 0.3 is 11.9 Å². The molecule has 0 amide bonds. The maximum atomic E-state index is 12.2. The molecule has 8 unspecified atom stereocenters. The van der Waals surface area contributed by atoms with Crippen LogP contribution in [0.25, 0.3) is 0 Å². The Bertz CT molecular complexity index is 727. The Morgan fingerprint density at radius 1 is 1.07 bits per heavy atom. The van der Waals surface area contributed by atoms with E-state index in [1.54, 1.807) is 6.08 Å². The van der Waals surface area contributed by atoms with Crippen LogP contribution >= 0.6 is 0 Å². The molecular formula is C23H32O5. The largest absolute Gasteiger partial charge is 0.462 e. The second kappa shape index (κ2) is 6.70. The fourth-order valence-corrected chi connectivity index (χ4v) is 7.42. The molecule has 0 aliphatic heterocycles. The Kier molecular flexibility index (Phi) is 4.71.